The fourth-order valence-corrected chi connectivity index (χ4v) is 4.63. The third-order valence-electron chi connectivity index (χ3n) is 4.72. The number of ether oxygens (including phenoxy) is 2. The minimum absolute atomic E-state index is 0.177. The van der Waals surface area contributed by atoms with Crippen molar-refractivity contribution in [2.24, 2.45) is 10.9 Å². The predicted octanol–water partition coefficient (Wildman–Crippen LogP) is 3.43. The maximum Gasteiger partial charge on any atom is 0.336 e. The zero-order valence-electron chi connectivity index (χ0n) is 14.8. The predicted molar refractivity (Wildman–Crippen MR) is 97.1 cm³/mol. The van der Waals surface area contributed by atoms with E-state index in [2.05, 4.69) is 4.99 Å². The van der Waals surface area contributed by atoms with Gasteiger partial charge in [-0.1, -0.05) is 0 Å². The molecule has 5 nitrogen and oxygen atoms in total. The van der Waals surface area contributed by atoms with Gasteiger partial charge in [0, 0.05) is 40.6 Å². The van der Waals surface area contributed by atoms with Crippen molar-refractivity contribution in [1.82, 2.24) is 0 Å². The maximum atomic E-state index is 12.7. The first kappa shape index (κ1) is 18.0. The summed E-state index contributed by atoms with van der Waals surface area (Å²) < 4.78 is 10.3. The maximum absolute atomic E-state index is 12.7. The third-order valence-corrected chi connectivity index (χ3v) is 5.80. The standard InChI is InChI=1S/C19H23NO4S/c1-11-7-8-15(25-11)18-16(19(22)24-10-9-23-3)12(2)20-13-5-4-6-14(21)17(13)18/h7-8,17-18H,4-6,9-10H2,1-3H3/t17?,18-/m0/s1. The minimum Gasteiger partial charge on any atom is -0.460 e. The molecule has 1 aliphatic heterocycles. The normalized spacial score (nSPS) is 23.3. The fourth-order valence-electron chi connectivity index (χ4n) is 3.61. The summed E-state index contributed by atoms with van der Waals surface area (Å²) in [6.45, 7) is 4.40. The summed E-state index contributed by atoms with van der Waals surface area (Å²) in [6, 6.07) is 4.05. The monoisotopic (exact) mass is 361 g/mol. The number of carbonyl (C=O) groups excluding carboxylic acids is 2. The number of aliphatic imine (C=N–C) groups is 1. The first-order valence-corrected chi connectivity index (χ1v) is 9.38. The number of hydrogen-bond acceptors (Lipinski definition) is 6. The Morgan fingerprint density at radius 2 is 2.04 bits per heavy atom. The highest BCUT2D eigenvalue weighted by molar-refractivity contribution is 7.12. The Morgan fingerprint density at radius 1 is 1.24 bits per heavy atom. The molecule has 1 saturated carbocycles. The average molecular weight is 361 g/mol. The van der Waals surface area contributed by atoms with Crippen molar-refractivity contribution in [3.8, 4) is 0 Å². The van der Waals surface area contributed by atoms with Crippen molar-refractivity contribution in [2.75, 3.05) is 20.3 Å². The lowest BCUT2D eigenvalue weighted by atomic mass is 9.71. The number of esters is 1. The quantitative estimate of drug-likeness (QED) is 0.595. The molecule has 134 valence electrons. The average Bonchev–Trinajstić information content (AvgIpc) is 3.00. The van der Waals surface area contributed by atoms with Gasteiger partial charge in [0.15, 0.2) is 0 Å². The molecule has 0 aromatic carbocycles. The van der Waals surface area contributed by atoms with Crippen LogP contribution in [0.25, 0.3) is 0 Å². The number of methoxy groups -OCH3 is 1. The van der Waals surface area contributed by atoms with E-state index in [0.29, 0.717) is 24.3 Å². The number of ketones is 1. The van der Waals surface area contributed by atoms with Crippen LogP contribution < -0.4 is 0 Å². The van der Waals surface area contributed by atoms with E-state index < -0.39 is 5.97 Å². The van der Waals surface area contributed by atoms with Gasteiger partial charge in [0.1, 0.15) is 12.4 Å². The molecule has 3 rings (SSSR count). The molecule has 0 amide bonds. The molecule has 6 heteroatoms. The molecular weight excluding hydrogens is 338 g/mol. The highest BCUT2D eigenvalue weighted by Gasteiger charge is 2.44. The largest absolute Gasteiger partial charge is 0.460 e. The van der Waals surface area contributed by atoms with Gasteiger partial charge in [0.25, 0.3) is 0 Å². The van der Waals surface area contributed by atoms with Crippen molar-refractivity contribution in [1.29, 1.82) is 0 Å². The number of carbonyl (C=O) groups is 2. The summed E-state index contributed by atoms with van der Waals surface area (Å²) in [7, 11) is 1.56. The number of nitrogens with zero attached hydrogens (tertiary/aromatic N) is 1. The van der Waals surface area contributed by atoms with Gasteiger partial charge in [0.05, 0.1) is 18.1 Å². The second-order valence-corrected chi connectivity index (χ2v) is 7.77. The number of hydrogen-bond donors (Lipinski definition) is 0. The molecule has 0 radical (unpaired) electrons. The molecule has 2 heterocycles. The summed E-state index contributed by atoms with van der Waals surface area (Å²) in [5.74, 6) is -0.836. The highest BCUT2D eigenvalue weighted by atomic mass is 32.1. The summed E-state index contributed by atoms with van der Waals surface area (Å²) in [6.07, 6.45) is 2.21. The number of Topliss-reactive ketones (excluding diaryl/α,β-unsaturated/α-hetero) is 1. The van der Waals surface area contributed by atoms with E-state index in [9.17, 15) is 9.59 Å². The van der Waals surface area contributed by atoms with E-state index >= 15 is 0 Å². The van der Waals surface area contributed by atoms with E-state index in [0.717, 1.165) is 28.3 Å². The Balaban J connectivity index is 2.02. The van der Waals surface area contributed by atoms with Crippen LogP contribution in [0.2, 0.25) is 0 Å². The highest BCUT2D eigenvalue weighted by Crippen LogP contribution is 2.44. The lowest BCUT2D eigenvalue weighted by molar-refractivity contribution is -0.140. The first-order valence-electron chi connectivity index (χ1n) is 8.56. The van der Waals surface area contributed by atoms with E-state index in [1.807, 2.05) is 26.0 Å². The molecule has 2 aliphatic rings. The van der Waals surface area contributed by atoms with Crippen LogP contribution in [0.3, 0.4) is 0 Å². The van der Waals surface area contributed by atoms with Gasteiger partial charge in [-0.25, -0.2) is 4.79 Å². The SMILES string of the molecule is COCCOC(=O)C1=C(C)N=C2CCCC(=O)C2[C@H]1c1ccc(C)s1. The molecule has 25 heavy (non-hydrogen) atoms. The second-order valence-electron chi connectivity index (χ2n) is 6.45. The van der Waals surface area contributed by atoms with E-state index in [-0.39, 0.29) is 24.2 Å². The van der Waals surface area contributed by atoms with Gasteiger partial charge in [-0.3, -0.25) is 9.79 Å². The van der Waals surface area contributed by atoms with Crippen LogP contribution in [-0.2, 0) is 19.1 Å². The third kappa shape index (κ3) is 3.60. The number of allylic oxidation sites excluding steroid dienone is 1. The van der Waals surface area contributed by atoms with E-state index in [1.54, 1.807) is 18.4 Å². The molecule has 0 bridgehead atoms. The van der Waals surface area contributed by atoms with E-state index in [4.69, 9.17) is 9.47 Å². The number of aryl methyl sites for hydroxylation is 1. The van der Waals surface area contributed by atoms with Gasteiger partial charge in [-0.05, 0) is 38.8 Å². The summed E-state index contributed by atoms with van der Waals surface area (Å²) >= 11 is 1.63. The Kier molecular flexibility index (Phi) is 5.49. The molecule has 2 atom stereocenters. The van der Waals surface area contributed by atoms with Gasteiger partial charge >= 0.3 is 5.97 Å². The summed E-state index contributed by atoms with van der Waals surface area (Å²) in [5, 5.41) is 0. The topological polar surface area (TPSA) is 65.0 Å². The summed E-state index contributed by atoms with van der Waals surface area (Å²) in [5.41, 5.74) is 2.10. The second kappa shape index (κ2) is 7.62. The van der Waals surface area contributed by atoms with Crippen LogP contribution in [0.15, 0.2) is 28.4 Å². The Bertz CT molecular complexity index is 746. The van der Waals surface area contributed by atoms with Gasteiger partial charge in [-0.15, -0.1) is 11.3 Å². The zero-order chi connectivity index (χ0) is 18.0. The lowest BCUT2D eigenvalue weighted by Gasteiger charge is -2.34. The zero-order valence-corrected chi connectivity index (χ0v) is 15.6. The molecule has 1 aromatic rings. The minimum atomic E-state index is -0.397. The van der Waals surface area contributed by atoms with Gasteiger partial charge in [0.2, 0.25) is 0 Å². The van der Waals surface area contributed by atoms with Crippen molar-refractivity contribution in [3.63, 3.8) is 0 Å². The molecule has 1 fully saturated rings. The van der Waals surface area contributed by atoms with Crippen LogP contribution in [-0.4, -0.2) is 37.8 Å². The first-order chi connectivity index (χ1) is 12.0. The Morgan fingerprint density at radius 3 is 2.72 bits per heavy atom. The fraction of sp³-hybridized carbons (Fsp3) is 0.526. The molecule has 1 aromatic heterocycles. The molecule has 0 spiro atoms. The molecular formula is C19H23NO4S. The smallest absolute Gasteiger partial charge is 0.336 e. The molecule has 0 N–H and O–H groups in total. The van der Waals surface area contributed by atoms with Gasteiger partial charge in [-0.2, -0.15) is 0 Å². The van der Waals surface area contributed by atoms with Crippen molar-refractivity contribution < 1.29 is 19.1 Å². The van der Waals surface area contributed by atoms with Crippen molar-refractivity contribution >= 4 is 28.8 Å². The Hall–Kier alpha value is -1.79. The molecule has 1 aliphatic carbocycles. The lowest BCUT2D eigenvalue weighted by Crippen LogP contribution is -2.38. The molecule has 0 saturated heterocycles. The van der Waals surface area contributed by atoms with Crippen LogP contribution in [0.1, 0.15) is 41.9 Å². The van der Waals surface area contributed by atoms with Crippen LogP contribution in [0.5, 0.6) is 0 Å². The van der Waals surface area contributed by atoms with Crippen molar-refractivity contribution in [3.05, 3.63) is 33.2 Å². The van der Waals surface area contributed by atoms with Crippen LogP contribution in [0, 0.1) is 12.8 Å². The molecule has 1 unspecified atom stereocenters. The van der Waals surface area contributed by atoms with Crippen LogP contribution >= 0.6 is 11.3 Å². The number of rotatable bonds is 5. The summed E-state index contributed by atoms with van der Waals surface area (Å²) in [4.78, 5) is 32.2. The van der Waals surface area contributed by atoms with Crippen LogP contribution in [0.4, 0.5) is 0 Å². The van der Waals surface area contributed by atoms with E-state index in [1.165, 1.54) is 0 Å². The van der Waals surface area contributed by atoms with Crippen molar-refractivity contribution in [2.45, 2.75) is 39.0 Å². The number of thiophene rings is 1. The Labute approximate surface area is 151 Å². The number of fused-ring (bicyclic) bond motifs is 1. The van der Waals surface area contributed by atoms with Gasteiger partial charge < -0.3 is 9.47 Å².